The number of halogens is 4. The van der Waals surface area contributed by atoms with Crippen molar-refractivity contribution in [3.63, 3.8) is 0 Å². The highest BCUT2D eigenvalue weighted by Crippen LogP contribution is 2.30. The summed E-state index contributed by atoms with van der Waals surface area (Å²) in [5.74, 6) is -2.12. The van der Waals surface area contributed by atoms with E-state index >= 15 is 0 Å². The van der Waals surface area contributed by atoms with E-state index in [1.165, 1.54) is 6.92 Å². The highest BCUT2D eigenvalue weighted by atomic mass is 35.5. The van der Waals surface area contributed by atoms with Crippen LogP contribution in [0.3, 0.4) is 0 Å². The van der Waals surface area contributed by atoms with Crippen LogP contribution in [0, 0.1) is 17.0 Å². The summed E-state index contributed by atoms with van der Waals surface area (Å²) in [4.78, 5) is 23.4. The molecule has 10 heteroatoms. The molecule has 0 aliphatic heterocycles. The van der Waals surface area contributed by atoms with Crippen molar-refractivity contribution in [2.45, 2.75) is 13.3 Å². The van der Waals surface area contributed by atoms with E-state index in [4.69, 9.17) is 11.6 Å². The van der Waals surface area contributed by atoms with Gasteiger partial charge in [-0.05, 0) is 29.0 Å². The topological polar surface area (TPSA) is 82.3 Å². The molecule has 0 aromatic carbocycles. The van der Waals surface area contributed by atoms with E-state index < -0.39 is 33.8 Å². The maximum Gasteiger partial charge on any atom is 0.575 e. The van der Waals surface area contributed by atoms with Crippen molar-refractivity contribution in [1.82, 2.24) is 4.98 Å². The molecular formula is C8H4ClF3N2O4. The summed E-state index contributed by atoms with van der Waals surface area (Å²) in [5, 5.41) is 9.19. The van der Waals surface area contributed by atoms with Crippen LogP contribution in [0.5, 0.6) is 5.88 Å². The molecule has 0 unspecified atom stereocenters. The molecule has 0 saturated heterocycles. The molecule has 1 aromatic rings. The number of carbonyl (C=O) groups is 1. The number of carbonyl (C=O) groups excluding carboxylic acids is 1. The van der Waals surface area contributed by atoms with Gasteiger partial charge < -0.3 is 14.9 Å². The van der Waals surface area contributed by atoms with E-state index in [0.29, 0.717) is 0 Å². The van der Waals surface area contributed by atoms with Crippen molar-refractivity contribution >= 4 is 22.7 Å². The fraction of sp³-hybridized carbons (Fsp3) is 0.250. The Morgan fingerprint density at radius 1 is 1.56 bits per heavy atom. The first-order valence-electron chi connectivity index (χ1n) is 4.23. The summed E-state index contributed by atoms with van der Waals surface area (Å²) in [6.07, 6.45) is -5.14. The predicted octanol–water partition coefficient (Wildman–Crippen LogP) is 2.58. The van der Waals surface area contributed by atoms with Crippen LogP contribution in [0.2, 0.25) is 0 Å². The van der Waals surface area contributed by atoms with E-state index in [1.807, 2.05) is 0 Å². The zero-order valence-corrected chi connectivity index (χ0v) is 9.37. The van der Waals surface area contributed by atoms with Crippen molar-refractivity contribution in [3.8, 4) is 5.88 Å². The maximum atomic E-state index is 12.1. The average Bonchev–Trinajstić information content (AvgIpc) is 2.12. The van der Waals surface area contributed by atoms with Gasteiger partial charge in [0.15, 0.2) is 0 Å². The van der Waals surface area contributed by atoms with Crippen molar-refractivity contribution in [1.29, 1.82) is 0 Å². The van der Waals surface area contributed by atoms with Gasteiger partial charge in [-0.3, -0.25) is 4.79 Å². The summed E-state index contributed by atoms with van der Waals surface area (Å²) < 4.78 is 39.6. The Hall–Kier alpha value is -1.90. The van der Waals surface area contributed by atoms with Gasteiger partial charge in [0, 0.05) is 11.1 Å². The number of rotatable bonds is 3. The molecular weight excluding hydrogens is 281 g/mol. The molecule has 0 spiro atoms. The van der Waals surface area contributed by atoms with Crippen LogP contribution in [0.4, 0.5) is 19.0 Å². The van der Waals surface area contributed by atoms with Crippen LogP contribution in [-0.2, 0) is 0 Å². The molecule has 18 heavy (non-hydrogen) atoms. The Morgan fingerprint density at radius 3 is 2.50 bits per heavy atom. The lowest BCUT2D eigenvalue weighted by molar-refractivity contribution is -0.390. The maximum absolute atomic E-state index is 12.1. The summed E-state index contributed by atoms with van der Waals surface area (Å²) in [6, 6.07) is 0.818. The molecule has 0 amide bonds. The fourth-order valence-corrected chi connectivity index (χ4v) is 1.37. The number of aryl methyl sites for hydroxylation is 1. The molecule has 6 nitrogen and oxygen atoms in total. The lowest BCUT2D eigenvalue weighted by Gasteiger charge is -2.08. The predicted molar refractivity (Wildman–Crippen MR) is 52.5 cm³/mol. The van der Waals surface area contributed by atoms with E-state index in [0.717, 1.165) is 6.07 Å². The lowest BCUT2D eigenvalue weighted by Crippen LogP contribution is -2.20. The Labute approximate surface area is 102 Å². The molecule has 1 aromatic heterocycles. The van der Waals surface area contributed by atoms with Gasteiger partial charge in [0.1, 0.15) is 5.56 Å². The largest absolute Gasteiger partial charge is 0.575 e. The van der Waals surface area contributed by atoms with Gasteiger partial charge in [-0.15, -0.1) is 13.2 Å². The van der Waals surface area contributed by atoms with Gasteiger partial charge in [0.2, 0.25) is 0 Å². The second-order valence-corrected chi connectivity index (χ2v) is 3.40. The molecule has 0 aliphatic carbocycles. The molecule has 0 radical (unpaired) electrons. The number of nitrogens with zero attached hydrogens (tertiary/aromatic N) is 2. The lowest BCUT2D eigenvalue weighted by atomic mass is 10.1. The molecule has 1 heterocycles. The summed E-state index contributed by atoms with van der Waals surface area (Å²) in [5.41, 5.74) is -0.810. The third-order valence-electron chi connectivity index (χ3n) is 1.77. The van der Waals surface area contributed by atoms with Gasteiger partial charge in [-0.1, -0.05) is 0 Å². The number of aromatic nitrogens is 1. The highest BCUT2D eigenvalue weighted by molar-refractivity contribution is 6.68. The zero-order chi connectivity index (χ0) is 14.1. The highest BCUT2D eigenvalue weighted by Gasteiger charge is 2.37. The number of hydrogen-bond acceptors (Lipinski definition) is 5. The van der Waals surface area contributed by atoms with Gasteiger partial charge in [0.25, 0.3) is 5.24 Å². The van der Waals surface area contributed by atoms with Crippen molar-refractivity contribution in [2.75, 3.05) is 0 Å². The Bertz CT molecular complexity index is 518. The van der Waals surface area contributed by atoms with Crippen molar-refractivity contribution in [3.05, 3.63) is 27.3 Å². The van der Waals surface area contributed by atoms with Crippen molar-refractivity contribution in [2.24, 2.45) is 0 Å². The summed E-state index contributed by atoms with van der Waals surface area (Å²) in [7, 11) is 0. The number of ether oxygens (including phenoxy) is 1. The molecule has 1 rings (SSSR count). The number of alkyl halides is 3. The molecule has 0 N–H and O–H groups in total. The first-order valence-corrected chi connectivity index (χ1v) is 4.61. The van der Waals surface area contributed by atoms with Crippen LogP contribution in [0.25, 0.3) is 0 Å². The van der Waals surface area contributed by atoms with Gasteiger partial charge in [-0.25, -0.2) is 0 Å². The van der Waals surface area contributed by atoms with E-state index in [2.05, 4.69) is 9.72 Å². The first kappa shape index (κ1) is 14.2. The van der Waals surface area contributed by atoms with E-state index in [-0.39, 0.29) is 5.56 Å². The van der Waals surface area contributed by atoms with Crippen LogP contribution < -0.4 is 4.74 Å². The van der Waals surface area contributed by atoms with Crippen LogP contribution >= 0.6 is 11.6 Å². The first-order chi connectivity index (χ1) is 8.11. The smallest absolute Gasteiger partial charge is 0.366 e. The minimum Gasteiger partial charge on any atom is -0.366 e. The normalized spacial score (nSPS) is 11.2. The van der Waals surface area contributed by atoms with Crippen LogP contribution in [-0.4, -0.2) is 21.5 Å². The van der Waals surface area contributed by atoms with Crippen LogP contribution in [0.15, 0.2) is 6.07 Å². The second-order valence-electron chi connectivity index (χ2n) is 3.06. The molecule has 0 aliphatic rings. The number of pyridine rings is 1. The van der Waals surface area contributed by atoms with Crippen LogP contribution in [0.1, 0.15) is 15.9 Å². The Balaban J connectivity index is 3.43. The summed E-state index contributed by atoms with van der Waals surface area (Å²) >= 11 is 5.08. The third-order valence-corrected chi connectivity index (χ3v) is 1.95. The molecule has 0 saturated carbocycles. The zero-order valence-electron chi connectivity index (χ0n) is 8.62. The van der Waals surface area contributed by atoms with Crippen molar-refractivity contribution < 1.29 is 27.6 Å². The van der Waals surface area contributed by atoms with E-state index in [9.17, 15) is 28.1 Å². The van der Waals surface area contributed by atoms with Gasteiger partial charge >= 0.3 is 18.1 Å². The Kier molecular flexibility index (Phi) is 3.75. The molecule has 0 fully saturated rings. The minimum atomic E-state index is -5.14. The molecule has 0 bridgehead atoms. The fourth-order valence-electron chi connectivity index (χ4n) is 1.14. The summed E-state index contributed by atoms with van der Waals surface area (Å²) in [6.45, 7) is 1.17. The monoisotopic (exact) mass is 284 g/mol. The minimum absolute atomic E-state index is 0.143. The average molecular weight is 285 g/mol. The van der Waals surface area contributed by atoms with E-state index in [1.54, 1.807) is 0 Å². The van der Waals surface area contributed by atoms with Gasteiger partial charge in [-0.2, -0.15) is 0 Å². The standard InChI is InChI=1S/C8H4ClF3N2O4/c1-3-2-4(14(16)17)13-7(5(3)6(9)15)18-8(10,11)12/h2H,1H3. The quantitative estimate of drug-likeness (QED) is 0.484. The molecule has 0 atom stereocenters. The SMILES string of the molecule is Cc1cc([N+](=O)[O-])nc(OC(F)(F)F)c1C(=O)Cl. The van der Waals surface area contributed by atoms with Gasteiger partial charge in [0.05, 0.1) is 0 Å². The number of hydrogen-bond donors (Lipinski definition) is 0. The molecule has 98 valence electrons. The second kappa shape index (κ2) is 4.77. The third kappa shape index (κ3) is 3.29. The Morgan fingerprint density at radius 2 is 2.11 bits per heavy atom. The number of nitro groups is 1.